The average molecular weight is 525 g/mol. The van der Waals surface area contributed by atoms with Gasteiger partial charge in [-0.25, -0.2) is 9.67 Å². The maximum absolute atomic E-state index is 12.4. The molecule has 0 saturated heterocycles. The number of aromatic nitrogens is 3. The van der Waals surface area contributed by atoms with Crippen LogP contribution in [-0.4, -0.2) is 32.0 Å². The Bertz CT molecular complexity index is 1410. The van der Waals surface area contributed by atoms with E-state index in [1.807, 2.05) is 63.2 Å². The lowest BCUT2D eigenvalue weighted by Gasteiger charge is -2.13. The Balaban J connectivity index is 1.39. The summed E-state index contributed by atoms with van der Waals surface area (Å²) >= 11 is 5.38. The molecule has 1 aromatic heterocycles. The number of hydrazone groups is 1. The van der Waals surface area contributed by atoms with Crippen molar-refractivity contribution < 1.29 is 17.9 Å². The SMILES string of the molecule is C/C(=N\NC(=S)Nc1c(C)cccc1C)c1ccc(-c2ncn(-c3ccc(OC(F)(F)F)cc3)n2)cc1. The molecule has 3 aromatic carbocycles. The molecule has 0 aliphatic rings. The van der Waals surface area contributed by atoms with Crippen molar-refractivity contribution in [3.8, 4) is 22.8 Å². The number of para-hydroxylation sites is 1. The zero-order valence-electron chi connectivity index (χ0n) is 20.2. The van der Waals surface area contributed by atoms with Crippen LogP contribution in [0.5, 0.6) is 5.75 Å². The topological polar surface area (TPSA) is 76.4 Å². The summed E-state index contributed by atoms with van der Waals surface area (Å²) in [6, 6.07) is 18.9. The minimum atomic E-state index is -4.74. The number of ether oxygens (including phenoxy) is 1. The van der Waals surface area contributed by atoms with E-state index in [2.05, 4.69) is 30.7 Å². The van der Waals surface area contributed by atoms with Gasteiger partial charge in [-0.15, -0.1) is 18.3 Å². The molecule has 0 aliphatic heterocycles. The van der Waals surface area contributed by atoms with Crippen LogP contribution in [0.25, 0.3) is 17.1 Å². The lowest BCUT2D eigenvalue weighted by atomic mass is 10.1. The summed E-state index contributed by atoms with van der Waals surface area (Å²) in [4.78, 5) is 4.31. The highest BCUT2D eigenvalue weighted by Gasteiger charge is 2.31. The lowest BCUT2D eigenvalue weighted by molar-refractivity contribution is -0.274. The molecule has 11 heteroatoms. The fourth-order valence-electron chi connectivity index (χ4n) is 3.53. The third-order valence-electron chi connectivity index (χ3n) is 5.43. The summed E-state index contributed by atoms with van der Waals surface area (Å²) in [5.41, 5.74) is 8.93. The Morgan fingerprint density at radius 3 is 2.24 bits per heavy atom. The van der Waals surface area contributed by atoms with Gasteiger partial charge in [0.2, 0.25) is 0 Å². The average Bonchev–Trinajstić information content (AvgIpc) is 3.35. The molecule has 4 rings (SSSR count). The molecule has 1 heterocycles. The summed E-state index contributed by atoms with van der Waals surface area (Å²) < 4.78 is 42.4. The molecular weight excluding hydrogens is 501 g/mol. The lowest BCUT2D eigenvalue weighted by Crippen LogP contribution is -2.25. The minimum absolute atomic E-state index is 0.305. The molecule has 0 spiro atoms. The number of aryl methyl sites for hydroxylation is 2. The molecular formula is C26H23F3N6OS. The molecule has 0 radical (unpaired) electrons. The second-order valence-corrected chi connectivity index (χ2v) is 8.57. The summed E-state index contributed by atoms with van der Waals surface area (Å²) in [6.07, 6.45) is -3.25. The number of anilines is 1. The van der Waals surface area contributed by atoms with Crippen LogP contribution >= 0.6 is 12.2 Å². The highest BCUT2D eigenvalue weighted by atomic mass is 32.1. The predicted octanol–water partition coefficient (Wildman–Crippen LogP) is 6.16. The van der Waals surface area contributed by atoms with Gasteiger partial charge in [0.05, 0.1) is 11.4 Å². The molecule has 7 nitrogen and oxygen atoms in total. The number of nitrogens with zero attached hydrogens (tertiary/aromatic N) is 4. The summed E-state index contributed by atoms with van der Waals surface area (Å²) in [7, 11) is 0. The minimum Gasteiger partial charge on any atom is -0.406 e. The van der Waals surface area contributed by atoms with E-state index in [1.54, 1.807) is 0 Å². The van der Waals surface area contributed by atoms with E-state index >= 15 is 0 Å². The van der Waals surface area contributed by atoms with Gasteiger partial charge in [-0.2, -0.15) is 5.10 Å². The van der Waals surface area contributed by atoms with Crippen LogP contribution in [0.1, 0.15) is 23.6 Å². The second kappa shape index (κ2) is 10.8. The molecule has 2 N–H and O–H groups in total. The van der Waals surface area contributed by atoms with Crippen molar-refractivity contribution in [1.29, 1.82) is 0 Å². The van der Waals surface area contributed by atoms with Gasteiger partial charge in [-0.1, -0.05) is 42.5 Å². The summed E-state index contributed by atoms with van der Waals surface area (Å²) in [6.45, 7) is 5.88. The van der Waals surface area contributed by atoms with Crippen molar-refractivity contribution in [3.05, 3.63) is 89.7 Å². The van der Waals surface area contributed by atoms with Gasteiger partial charge < -0.3 is 10.1 Å². The van der Waals surface area contributed by atoms with E-state index in [1.165, 1.54) is 35.3 Å². The third-order valence-corrected chi connectivity index (χ3v) is 5.63. The smallest absolute Gasteiger partial charge is 0.406 e. The predicted molar refractivity (Wildman–Crippen MR) is 141 cm³/mol. The van der Waals surface area contributed by atoms with Crippen molar-refractivity contribution in [1.82, 2.24) is 20.2 Å². The summed E-state index contributed by atoms with van der Waals surface area (Å²) in [5.74, 6) is 0.161. The zero-order chi connectivity index (χ0) is 26.6. The van der Waals surface area contributed by atoms with Crippen LogP contribution in [0.15, 0.2) is 78.2 Å². The van der Waals surface area contributed by atoms with Gasteiger partial charge in [-0.3, -0.25) is 5.43 Å². The highest BCUT2D eigenvalue weighted by molar-refractivity contribution is 7.80. The fraction of sp³-hybridized carbons (Fsp3) is 0.154. The Hall–Kier alpha value is -4.25. The number of rotatable bonds is 6. The first-order valence-electron chi connectivity index (χ1n) is 11.2. The number of thiocarbonyl (C=S) groups is 1. The molecule has 0 saturated carbocycles. The second-order valence-electron chi connectivity index (χ2n) is 8.16. The van der Waals surface area contributed by atoms with Crippen molar-refractivity contribution in [3.63, 3.8) is 0 Å². The number of hydrogen-bond donors (Lipinski definition) is 2. The molecule has 37 heavy (non-hydrogen) atoms. The van der Waals surface area contributed by atoms with E-state index < -0.39 is 6.36 Å². The molecule has 190 valence electrons. The van der Waals surface area contributed by atoms with Crippen LogP contribution in [0, 0.1) is 13.8 Å². The van der Waals surface area contributed by atoms with Crippen LogP contribution < -0.4 is 15.5 Å². The first kappa shape index (κ1) is 25.8. The molecule has 0 aliphatic carbocycles. The van der Waals surface area contributed by atoms with Crippen LogP contribution in [-0.2, 0) is 0 Å². The van der Waals surface area contributed by atoms with E-state index in [9.17, 15) is 13.2 Å². The first-order valence-corrected chi connectivity index (χ1v) is 11.6. The highest BCUT2D eigenvalue weighted by Crippen LogP contribution is 2.24. The van der Waals surface area contributed by atoms with Gasteiger partial charge in [-0.05, 0) is 73.9 Å². The largest absolute Gasteiger partial charge is 0.573 e. The normalized spacial score (nSPS) is 11.8. The van der Waals surface area contributed by atoms with Gasteiger partial charge in [0, 0.05) is 11.3 Å². The van der Waals surface area contributed by atoms with Gasteiger partial charge in [0.25, 0.3) is 0 Å². The number of benzene rings is 3. The van der Waals surface area contributed by atoms with Gasteiger partial charge in [0.15, 0.2) is 10.9 Å². The van der Waals surface area contributed by atoms with E-state index in [0.29, 0.717) is 16.6 Å². The van der Waals surface area contributed by atoms with Crippen molar-refractivity contribution in [2.75, 3.05) is 5.32 Å². The van der Waals surface area contributed by atoms with Gasteiger partial charge >= 0.3 is 6.36 Å². The Morgan fingerprint density at radius 2 is 1.62 bits per heavy atom. The molecule has 4 aromatic rings. The molecule has 0 atom stereocenters. The monoisotopic (exact) mass is 524 g/mol. The summed E-state index contributed by atoms with van der Waals surface area (Å²) in [5, 5.41) is 12.4. The number of hydrogen-bond acceptors (Lipinski definition) is 5. The quantitative estimate of drug-likeness (QED) is 0.179. The maximum atomic E-state index is 12.4. The van der Waals surface area contributed by atoms with Crippen molar-refractivity contribution >= 4 is 28.7 Å². The van der Waals surface area contributed by atoms with E-state index in [-0.39, 0.29) is 5.75 Å². The number of halogens is 3. The maximum Gasteiger partial charge on any atom is 0.573 e. The third kappa shape index (κ3) is 6.70. The van der Waals surface area contributed by atoms with E-state index in [4.69, 9.17) is 12.2 Å². The molecule has 0 fully saturated rings. The molecule has 0 unspecified atom stereocenters. The molecule has 0 amide bonds. The standard InChI is InChI=1S/C26H23F3N6OS/c1-16-5-4-6-17(2)23(16)31-25(37)33-32-18(3)19-7-9-20(10-8-19)24-30-15-35(34-24)21-11-13-22(14-12-21)36-26(27,28)29/h4-15H,1-3H3,(H2,31,33,37)/b32-18+. The molecule has 0 bridgehead atoms. The van der Waals surface area contributed by atoms with Gasteiger partial charge in [0.1, 0.15) is 12.1 Å². The van der Waals surface area contributed by atoms with Crippen LogP contribution in [0.2, 0.25) is 0 Å². The number of nitrogens with one attached hydrogen (secondary N) is 2. The van der Waals surface area contributed by atoms with Crippen molar-refractivity contribution in [2.45, 2.75) is 27.1 Å². The van der Waals surface area contributed by atoms with E-state index in [0.717, 1.165) is 33.7 Å². The van der Waals surface area contributed by atoms with Crippen molar-refractivity contribution in [2.24, 2.45) is 5.10 Å². The van der Waals surface area contributed by atoms with Crippen LogP contribution in [0.4, 0.5) is 18.9 Å². The number of alkyl halides is 3. The van der Waals surface area contributed by atoms with Crippen LogP contribution in [0.3, 0.4) is 0 Å². The Kier molecular flexibility index (Phi) is 7.53. The Labute approximate surface area is 217 Å². The Morgan fingerprint density at radius 1 is 0.973 bits per heavy atom. The first-order chi connectivity index (χ1) is 17.6. The fourth-order valence-corrected chi connectivity index (χ4v) is 3.68. The zero-order valence-corrected chi connectivity index (χ0v) is 21.0.